The van der Waals surface area contributed by atoms with Gasteiger partial charge in [0.25, 0.3) is 5.69 Å². The number of piperidine rings is 1. The molecule has 2 heterocycles. The minimum absolute atomic E-state index is 0.199. The van der Waals surface area contributed by atoms with Crippen molar-refractivity contribution in [2.24, 2.45) is 0 Å². The van der Waals surface area contributed by atoms with E-state index in [1.165, 1.54) is 31.5 Å². The Morgan fingerprint density at radius 3 is 2.57 bits per heavy atom. The highest BCUT2D eigenvalue weighted by molar-refractivity contribution is 5.52. The van der Waals surface area contributed by atoms with E-state index in [-0.39, 0.29) is 5.69 Å². The minimum atomic E-state index is -0.565. The van der Waals surface area contributed by atoms with Crippen LogP contribution in [0.2, 0.25) is 0 Å². The first-order chi connectivity index (χ1) is 11.0. The number of hydrogen-bond acceptors (Lipinski definition) is 5. The van der Waals surface area contributed by atoms with Crippen LogP contribution in [0.4, 0.5) is 15.8 Å². The van der Waals surface area contributed by atoms with Crippen molar-refractivity contribution in [3.05, 3.63) is 34.1 Å². The van der Waals surface area contributed by atoms with E-state index < -0.39 is 10.7 Å². The fourth-order valence-corrected chi connectivity index (χ4v) is 3.63. The number of nitro groups is 1. The second kappa shape index (κ2) is 6.80. The zero-order chi connectivity index (χ0) is 16.4. The van der Waals surface area contributed by atoms with Gasteiger partial charge in [0.2, 0.25) is 0 Å². The largest absolute Gasteiger partial charge is 0.367 e. The fraction of sp³-hybridized carbons (Fsp3) is 0.625. The van der Waals surface area contributed by atoms with Gasteiger partial charge in [-0.05, 0) is 32.5 Å². The summed E-state index contributed by atoms with van der Waals surface area (Å²) in [5, 5.41) is 10.7. The third kappa shape index (κ3) is 3.61. The Bertz CT molecular complexity index is 575. The minimum Gasteiger partial charge on any atom is -0.367 e. The van der Waals surface area contributed by atoms with Crippen LogP contribution in [0.3, 0.4) is 0 Å². The molecule has 0 aliphatic carbocycles. The van der Waals surface area contributed by atoms with E-state index in [1.807, 2.05) is 4.90 Å². The van der Waals surface area contributed by atoms with Crippen molar-refractivity contribution in [1.29, 1.82) is 0 Å². The van der Waals surface area contributed by atoms with Gasteiger partial charge in [0.1, 0.15) is 0 Å². The second-order valence-electron chi connectivity index (χ2n) is 6.47. The van der Waals surface area contributed by atoms with E-state index in [9.17, 15) is 14.5 Å². The number of anilines is 1. The molecule has 2 aliphatic heterocycles. The van der Waals surface area contributed by atoms with E-state index >= 15 is 0 Å². The first kappa shape index (κ1) is 16.1. The molecular formula is C16H23FN4O2. The maximum absolute atomic E-state index is 14.1. The maximum atomic E-state index is 14.1. The van der Waals surface area contributed by atoms with Gasteiger partial charge in [-0.15, -0.1) is 0 Å². The Morgan fingerprint density at radius 2 is 1.96 bits per heavy atom. The predicted molar refractivity (Wildman–Crippen MR) is 87.4 cm³/mol. The third-order valence-corrected chi connectivity index (χ3v) is 4.91. The lowest BCUT2D eigenvalue weighted by molar-refractivity contribution is -0.385. The number of likely N-dealkylation sites (tertiary alicyclic amines) is 1. The highest BCUT2D eigenvalue weighted by Crippen LogP contribution is 2.26. The molecule has 0 N–H and O–H groups in total. The molecule has 2 aliphatic rings. The summed E-state index contributed by atoms with van der Waals surface area (Å²) in [6.45, 7) is 5.62. The van der Waals surface area contributed by atoms with Gasteiger partial charge in [-0.3, -0.25) is 15.0 Å². The number of piperazine rings is 1. The monoisotopic (exact) mass is 322 g/mol. The topological polar surface area (TPSA) is 52.9 Å². The lowest BCUT2D eigenvalue weighted by Gasteiger charge is -2.43. The van der Waals surface area contributed by atoms with E-state index in [0.717, 1.165) is 38.8 Å². The molecule has 0 amide bonds. The van der Waals surface area contributed by atoms with Gasteiger partial charge in [0.15, 0.2) is 5.82 Å². The summed E-state index contributed by atoms with van der Waals surface area (Å²) in [7, 11) is 2.16. The molecule has 0 aromatic heterocycles. The number of halogens is 1. The number of rotatable bonds is 3. The van der Waals surface area contributed by atoms with Crippen LogP contribution in [-0.2, 0) is 0 Å². The Hall–Kier alpha value is -1.73. The number of nitrogens with zero attached hydrogens (tertiary/aromatic N) is 4. The van der Waals surface area contributed by atoms with Crippen LogP contribution in [0, 0.1) is 15.9 Å². The summed E-state index contributed by atoms with van der Waals surface area (Å²) in [6.07, 6.45) is 2.47. The number of nitro benzene ring substituents is 1. The predicted octanol–water partition coefficient (Wildman–Crippen LogP) is 1.95. The Morgan fingerprint density at radius 1 is 1.22 bits per heavy atom. The summed E-state index contributed by atoms with van der Waals surface area (Å²) in [5.41, 5.74) is 0.270. The molecule has 1 aromatic carbocycles. The van der Waals surface area contributed by atoms with Gasteiger partial charge < -0.3 is 9.80 Å². The quantitative estimate of drug-likeness (QED) is 0.629. The van der Waals surface area contributed by atoms with Gasteiger partial charge in [-0.2, -0.15) is 0 Å². The van der Waals surface area contributed by atoms with Gasteiger partial charge in [-0.1, -0.05) is 0 Å². The van der Waals surface area contributed by atoms with Crippen molar-refractivity contribution >= 4 is 11.4 Å². The van der Waals surface area contributed by atoms with E-state index in [4.69, 9.17) is 0 Å². The molecule has 2 fully saturated rings. The summed E-state index contributed by atoms with van der Waals surface area (Å²) in [6, 6.07) is 4.51. The van der Waals surface area contributed by atoms with E-state index in [0.29, 0.717) is 11.7 Å². The summed E-state index contributed by atoms with van der Waals surface area (Å²) < 4.78 is 14.1. The van der Waals surface area contributed by atoms with Crippen LogP contribution < -0.4 is 4.90 Å². The standard InChI is InChI=1S/C16H23FN4O2/c1-18-6-2-3-14(12-18)19-7-9-20(10-8-19)16-5-4-13(21(22)23)11-15(16)17/h4-5,11,14H,2-3,6-10,12H2,1H3. The van der Waals surface area contributed by atoms with E-state index in [1.54, 1.807) is 0 Å². The first-order valence-electron chi connectivity index (χ1n) is 8.16. The SMILES string of the molecule is CN1CCCC(N2CCN(c3ccc([N+](=O)[O-])cc3F)CC2)C1. The van der Waals surface area contributed by atoms with E-state index in [2.05, 4.69) is 16.8 Å². The molecule has 2 saturated heterocycles. The molecule has 0 spiro atoms. The van der Waals surface area contributed by atoms with Gasteiger partial charge in [-0.25, -0.2) is 4.39 Å². The van der Waals surface area contributed by atoms with Crippen molar-refractivity contribution < 1.29 is 9.31 Å². The molecule has 0 radical (unpaired) electrons. The van der Waals surface area contributed by atoms with Crippen LogP contribution in [-0.4, -0.2) is 67.1 Å². The number of likely N-dealkylation sites (N-methyl/N-ethyl adjacent to an activating group) is 1. The Kier molecular flexibility index (Phi) is 4.77. The molecule has 126 valence electrons. The van der Waals surface area contributed by atoms with Gasteiger partial charge >= 0.3 is 0 Å². The molecule has 23 heavy (non-hydrogen) atoms. The zero-order valence-electron chi connectivity index (χ0n) is 13.4. The average molecular weight is 322 g/mol. The first-order valence-corrected chi connectivity index (χ1v) is 8.16. The third-order valence-electron chi connectivity index (χ3n) is 4.91. The summed E-state index contributed by atoms with van der Waals surface area (Å²) in [5.74, 6) is -0.509. The van der Waals surface area contributed by atoms with Crippen molar-refractivity contribution in [2.75, 3.05) is 51.2 Å². The highest BCUT2D eigenvalue weighted by atomic mass is 19.1. The number of non-ortho nitro benzene ring substituents is 1. The second-order valence-corrected chi connectivity index (χ2v) is 6.47. The molecule has 3 rings (SSSR count). The Balaban J connectivity index is 1.61. The van der Waals surface area contributed by atoms with Crippen LogP contribution in [0.25, 0.3) is 0 Å². The highest BCUT2D eigenvalue weighted by Gasteiger charge is 2.28. The molecule has 1 atom stereocenters. The van der Waals surface area contributed by atoms with Gasteiger partial charge in [0.05, 0.1) is 16.7 Å². The molecule has 0 bridgehead atoms. The Labute approximate surface area is 135 Å². The summed E-state index contributed by atoms with van der Waals surface area (Å²) >= 11 is 0. The van der Waals surface area contributed by atoms with Crippen molar-refractivity contribution in [1.82, 2.24) is 9.80 Å². The molecule has 1 aromatic rings. The molecular weight excluding hydrogens is 299 g/mol. The van der Waals surface area contributed by atoms with Gasteiger partial charge in [0, 0.05) is 44.8 Å². The lowest BCUT2D eigenvalue weighted by atomic mass is 10.0. The molecule has 7 heteroatoms. The normalized spacial score (nSPS) is 23.9. The number of benzene rings is 1. The lowest BCUT2D eigenvalue weighted by Crippen LogP contribution is -2.54. The smallest absolute Gasteiger partial charge is 0.272 e. The molecule has 6 nitrogen and oxygen atoms in total. The maximum Gasteiger partial charge on any atom is 0.272 e. The van der Waals surface area contributed by atoms with Crippen molar-refractivity contribution in [2.45, 2.75) is 18.9 Å². The van der Waals surface area contributed by atoms with Crippen LogP contribution in [0.1, 0.15) is 12.8 Å². The summed E-state index contributed by atoms with van der Waals surface area (Å²) in [4.78, 5) is 17.0. The van der Waals surface area contributed by atoms with Crippen molar-refractivity contribution in [3.63, 3.8) is 0 Å². The average Bonchev–Trinajstić information content (AvgIpc) is 2.55. The van der Waals surface area contributed by atoms with Crippen LogP contribution in [0.5, 0.6) is 0 Å². The van der Waals surface area contributed by atoms with Crippen LogP contribution in [0.15, 0.2) is 18.2 Å². The number of hydrogen-bond donors (Lipinski definition) is 0. The van der Waals surface area contributed by atoms with Crippen molar-refractivity contribution in [3.8, 4) is 0 Å². The molecule has 0 saturated carbocycles. The molecule has 1 unspecified atom stereocenters. The van der Waals surface area contributed by atoms with Crippen LogP contribution >= 0.6 is 0 Å². The zero-order valence-corrected chi connectivity index (χ0v) is 13.4. The fourth-order valence-electron chi connectivity index (χ4n) is 3.63.